The second kappa shape index (κ2) is 8.50. The molecule has 3 rings (SSSR count). The van der Waals surface area contributed by atoms with Crippen molar-refractivity contribution in [3.8, 4) is 0 Å². The van der Waals surface area contributed by atoms with Gasteiger partial charge in [0.1, 0.15) is 11.3 Å². The first-order valence-electron chi connectivity index (χ1n) is 9.67. The van der Waals surface area contributed by atoms with Crippen LogP contribution >= 0.6 is 0 Å². The molecule has 0 saturated carbocycles. The zero-order valence-corrected chi connectivity index (χ0v) is 17.7. The predicted octanol–water partition coefficient (Wildman–Crippen LogP) is 5.07. The zero-order chi connectivity index (χ0) is 26.5. The summed E-state index contributed by atoms with van der Waals surface area (Å²) in [6, 6.07) is 1.07. The quantitative estimate of drug-likeness (QED) is 0.281. The van der Waals surface area contributed by atoms with Crippen LogP contribution in [0, 0.1) is 0 Å². The van der Waals surface area contributed by atoms with Crippen LogP contribution in [-0.2, 0) is 17.1 Å². The van der Waals surface area contributed by atoms with Gasteiger partial charge in [-0.2, -0.15) is 30.7 Å². The number of aromatic nitrogens is 1. The minimum Gasteiger partial charge on any atom is -0.475 e. The molecular formula is C21H14F7NO6. The van der Waals surface area contributed by atoms with Crippen LogP contribution in [0.3, 0.4) is 0 Å². The number of carboxylic acid groups (broad SMARTS) is 1. The minimum atomic E-state index is -6.68. The van der Waals surface area contributed by atoms with E-state index in [1.54, 1.807) is 6.92 Å². The molecule has 0 spiro atoms. The number of esters is 1. The number of methoxy groups -OCH3 is 1. The third-order valence-corrected chi connectivity index (χ3v) is 5.09. The summed E-state index contributed by atoms with van der Waals surface area (Å²) >= 11 is 0. The average Bonchev–Trinajstić information content (AvgIpc) is 2.77. The lowest BCUT2D eigenvalue weighted by Gasteiger charge is -2.29. The second-order valence-electron chi connectivity index (χ2n) is 7.35. The van der Waals surface area contributed by atoms with Crippen molar-refractivity contribution in [1.29, 1.82) is 0 Å². The Balaban J connectivity index is 2.62. The number of carbonyl (C=O) groups excluding carboxylic acids is 1. The van der Waals surface area contributed by atoms with E-state index < -0.39 is 74.3 Å². The molecule has 0 saturated heterocycles. The van der Waals surface area contributed by atoms with E-state index >= 15 is 0 Å². The fraction of sp³-hybridized carbons (Fsp3) is 0.333. The Kier molecular flexibility index (Phi) is 6.29. The van der Waals surface area contributed by atoms with Crippen molar-refractivity contribution >= 4 is 33.8 Å². The molecule has 2 aromatic heterocycles. The lowest BCUT2D eigenvalue weighted by Crippen LogP contribution is -2.50. The van der Waals surface area contributed by atoms with Crippen LogP contribution in [0.2, 0.25) is 0 Å². The van der Waals surface area contributed by atoms with Crippen LogP contribution in [0.15, 0.2) is 27.4 Å². The normalized spacial score (nSPS) is 12.8. The SMILES string of the molecule is CCCc1c2nc(C(=O)OC)cc(C(F)(F)C(F)(F)C(F)(F)F)c2cc2c(=O)cc(C(=O)O)oc12. The Labute approximate surface area is 190 Å². The number of hydrogen-bond acceptors (Lipinski definition) is 6. The first-order chi connectivity index (χ1) is 16.1. The molecule has 1 N–H and O–H groups in total. The second-order valence-corrected chi connectivity index (χ2v) is 7.35. The van der Waals surface area contributed by atoms with Gasteiger partial charge in [-0.25, -0.2) is 14.6 Å². The number of carboxylic acids is 1. The maximum absolute atomic E-state index is 14.9. The third kappa shape index (κ3) is 4.06. The van der Waals surface area contributed by atoms with Crippen LogP contribution in [0.5, 0.6) is 0 Å². The smallest absolute Gasteiger partial charge is 0.460 e. The molecule has 0 amide bonds. The molecule has 0 fully saturated rings. The van der Waals surface area contributed by atoms with Crippen LogP contribution in [-0.4, -0.2) is 41.2 Å². The maximum atomic E-state index is 14.9. The van der Waals surface area contributed by atoms with E-state index in [0.717, 1.165) is 7.11 Å². The topological polar surface area (TPSA) is 107 Å². The molecule has 7 nitrogen and oxygen atoms in total. The summed E-state index contributed by atoms with van der Waals surface area (Å²) in [4.78, 5) is 39.6. The van der Waals surface area contributed by atoms with Crippen molar-refractivity contribution in [3.05, 3.63) is 51.0 Å². The first kappa shape index (κ1) is 25.9. The fourth-order valence-electron chi connectivity index (χ4n) is 3.45. The predicted molar refractivity (Wildman–Crippen MR) is 105 cm³/mol. The first-order valence-corrected chi connectivity index (χ1v) is 9.67. The van der Waals surface area contributed by atoms with Crippen LogP contribution < -0.4 is 5.43 Å². The molecule has 1 aromatic carbocycles. The Morgan fingerprint density at radius 2 is 1.69 bits per heavy atom. The molecule has 3 aromatic rings. The van der Waals surface area contributed by atoms with E-state index in [1.165, 1.54) is 0 Å². The van der Waals surface area contributed by atoms with Crippen molar-refractivity contribution < 1.29 is 54.6 Å². The van der Waals surface area contributed by atoms with Gasteiger partial charge in [0.2, 0.25) is 5.76 Å². The summed E-state index contributed by atoms with van der Waals surface area (Å²) in [5, 5.41) is 7.62. The van der Waals surface area contributed by atoms with Gasteiger partial charge in [-0.15, -0.1) is 0 Å². The summed E-state index contributed by atoms with van der Waals surface area (Å²) in [5.41, 5.74) is -5.43. The number of ether oxygens (including phenoxy) is 1. The van der Waals surface area contributed by atoms with Gasteiger partial charge in [0, 0.05) is 22.6 Å². The summed E-state index contributed by atoms with van der Waals surface area (Å²) in [7, 11) is 0.794. The maximum Gasteiger partial charge on any atom is 0.460 e. The monoisotopic (exact) mass is 509 g/mol. The molecule has 0 bridgehead atoms. The lowest BCUT2D eigenvalue weighted by atomic mass is 9.92. The van der Waals surface area contributed by atoms with Crippen LogP contribution in [0.4, 0.5) is 30.7 Å². The Hall–Kier alpha value is -3.71. The van der Waals surface area contributed by atoms with Gasteiger partial charge in [-0.3, -0.25) is 4.79 Å². The van der Waals surface area contributed by atoms with Gasteiger partial charge in [-0.05, 0) is 18.6 Å². The minimum absolute atomic E-state index is 0.0304. The van der Waals surface area contributed by atoms with E-state index in [-0.39, 0.29) is 24.5 Å². The van der Waals surface area contributed by atoms with E-state index in [2.05, 4.69) is 9.72 Å². The number of aryl methyl sites for hydroxylation is 1. The molecule has 0 aliphatic heterocycles. The average molecular weight is 509 g/mol. The van der Waals surface area contributed by atoms with E-state index in [0.29, 0.717) is 12.1 Å². The highest BCUT2D eigenvalue weighted by Crippen LogP contribution is 2.53. The highest BCUT2D eigenvalue weighted by Gasteiger charge is 2.74. The highest BCUT2D eigenvalue weighted by molar-refractivity contribution is 6.02. The number of rotatable bonds is 6. The lowest BCUT2D eigenvalue weighted by molar-refractivity contribution is -0.359. The molecule has 0 radical (unpaired) electrons. The van der Waals surface area contributed by atoms with Gasteiger partial charge in [-0.1, -0.05) is 13.3 Å². The number of aromatic carboxylic acids is 1. The number of alkyl halides is 7. The van der Waals surface area contributed by atoms with E-state index in [1.807, 2.05) is 0 Å². The van der Waals surface area contributed by atoms with E-state index in [4.69, 9.17) is 9.52 Å². The highest BCUT2D eigenvalue weighted by atomic mass is 19.4. The number of nitrogens with zero attached hydrogens (tertiary/aromatic N) is 1. The number of benzene rings is 1. The van der Waals surface area contributed by atoms with Crippen LogP contribution in [0.25, 0.3) is 21.9 Å². The summed E-state index contributed by atoms with van der Waals surface area (Å²) in [5.74, 6) is -16.5. The zero-order valence-electron chi connectivity index (χ0n) is 17.7. The molecule has 14 heteroatoms. The Morgan fingerprint density at radius 3 is 2.20 bits per heavy atom. The molecular weight excluding hydrogens is 495 g/mol. The summed E-state index contributed by atoms with van der Waals surface area (Å²) in [6.07, 6.45) is -6.67. The van der Waals surface area contributed by atoms with Crippen molar-refractivity contribution in [3.63, 3.8) is 0 Å². The van der Waals surface area contributed by atoms with Gasteiger partial charge in [0.25, 0.3) is 0 Å². The number of fused-ring (bicyclic) bond motifs is 2. The van der Waals surface area contributed by atoms with Gasteiger partial charge in [0.15, 0.2) is 5.43 Å². The molecule has 2 heterocycles. The Morgan fingerprint density at radius 1 is 1.06 bits per heavy atom. The largest absolute Gasteiger partial charge is 0.475 e. The fourth-order valence-corrected chi connectivity index (χ4v) is 3.45. The molecule has 0 unspecified atom stereocenters. The molecule has 35 heavy (non-hydrogen) atoms. The van der Waals surface area contributed by atoms with Crippen molar-refractivity contribution in [2.24, 2.45) is 0 Å². The molecule has 0 aliphatic rings. The van der Waals surface area contributed by atoms with Crippen molar-refractivity contribution in [2.75, 3.05) is 7.11 Å². The number of hydrogen-bond donors (Lipinski definition) is 1. The molecule has 188 valence electrons. The third-order valence-electron chi connectivity index (χ3n) is 5.09. The van der Waals surface area contributed by atoms with Gasteiger partial charge < -0.3 is 14.3 Å². The van der Waals surface area contributed by atoms with Crippen LogP contribution in [0.1, 0.15) is 45.5 Å². The van der Waals surface area contributed by atoms with Crippen molar-refractivity contribution in [2.45, 2.75) is 37.8 Å². The van der Waals surface area contributed by atoms with Gasteiger partial charge in [0.05, 0.1) is 18.0 Å². The van der Waals surface area contributed by atoms with Crippen molar-refractivity contribution in [1.82, 2.24) is 4.98 Å². The standard InChI is InChI=1S/C21H14F7NO6/c1-3-4-8-15-9(5-10-13(30)7-14(17(31)32)35-16(8)10)11(6-12(29-15)18(33)34-2)19(22,23)20(24,25)21(26,27)28/h5-7H,3-4H2,1-2H3,(H,31,32). The number of halogens is 7. The number of pyridine rings is 1. The number of carbonyl (C=O) groups is 2. The summed E-state index contributed by atoms with van der Waals surface area (Å²) < 4.78 is 106. The molecule has 0 aliphatic carbocycles. The Bertz CT molecular complexity index is 1410. The van der Waals surface area contributed by atoms with Gasteiger partial charge >= 0.3 is 30.0 Å². The summed E-state index contributed by atoms with van der Waals surface area (Å²) in [6.45, 7) is 1.56. The molecule has 0 atom stereocenters. The van der Waals surface area contributed by atoms with E-state index in [9.17, 15) is 45.1 Å².